The molecule has 0 heterocycles. The van der Waals surface area contributed by atoms with Crippen LogP contribution in [0.4, 0.5) is 4.39 Å². The molecule has 0 radical (unpaired) electrons. The van der Waals surface area contributed by atoms with Crippen molar-refractivity contribution in [3.8, 4) is 0 Å². The lowest BCUT2D eigenvalue weighted by molar-refractivity contribution is 0.00223. The Morgan fingerprint density at radius 3 is 2.55 bits per heavy atom. The highest BCUT2D eigenvalue weighted by Crippen LogP contribution is 2.20. The monoisotopic (exact) mass is 283 g/mol. The second-order valence-electron chi connectivity index (χ2n) is 5.06. The fourth-order valence-electron chi connectivity index (χ4n) is 1.83. The lowest BCUT2D eigenvalue weighted by Crippen LogP contribution is -2.30. The van der Waals surface area contributed by atoms with Gasteiger partial charge in [-0.15, -0.1) is 0 Å². The van der Waals surface area contributed by atoms with Crippen LogP contribution in [0.2, 0.25) is 0 Å². The zero-order valence-electron chi connectivity index (χ0n) is 12.7. The van der Waals surface area contributed by atoms with E-state index in [9.17, 15) is 4.39 Å². The third kappa shape index (κ3) is 6.46. The second kappa shape index (κ2) is 9.86. The quantitative estimate of drug-likeness (QED) is 0.668. The zero-order chi connectivity index (χ0) is 14.8. The fraction of sp³-hybridized carbons (Fsp3) is 0.625. The molecule has 4 heteroatoms. The van der Waals surface area contributed by atoms with Crippen LogP contribution in [0.15, 0.2) is 24.3 Å². The van der Waals surface area contributed by atoms with Gasteiger partial charge < -0.3 is 14.8 Å². The number of ether oxygens (including phenoxy) is 2. The topological polar surface area (TPSA) is 30.5 Å². The van der Waals surface area contributed by atoms with E-state index in [1.807, 2.05) is 6.07 Å². The van der Waals surface area contributed by atoms with E-state index in [-0.39, 0.29) is 11.9 Å². The van der Waals surface area contributed by atoms with Gasteiger partial charge in [0.1, 0.15) is 5.82 Å². The predicted molar refractivity (Wildman–Crippen MR) is 79.3 cm³/mol. The van der Waals surface area contributed by atoms with Gasteiger partial charge in [-0.1, -0.05) is 39.0 Å². The Morgan fingerprint density at radius 2 is 1.90 bits per heavy atom. The molecule has 0 saturated heterocycles. The van der Waals surface area contributed by atoms with E-state index < -0.39 is 0 Å². The van der Waals surface area contributed by atoms with Gasteiger partial charge in [-0.25, -0.2) is 4.39 Å². The van der Waals surface area contributed by atoms with Crippen LogP contribution in [0, 0.1) is 5.82 Å². The lowest BCUT2D eigenvalue weighted by Gasteiger charge is -2.21. The maximum absolute atomic E-state index is 13.9. The molecule has 20 heavy (non-hydrogen) atoms. The molecular formula is C16H26FNO2. The molecular weight excluding hydrogens is 257 g/mol. The molecule has 114 valence electrons. The van der Waals surface area contributed by atoms with Crippen molar-refractivity contribution in [3.05, 3.63) is 35.6 Å². The van der Waals surface area contributed by atoms with Crippen LogP contribution in [0.3, 0.4) is 0 Å². The van der Waals surface area contributed by atoms with Gasteiger partial charge in [0.15, 0.2) is 0 Å². The first-order chi connectivity index (χ1) is 9.65. The summed E-state index contributed by atoms with van der Waals surface area (Å²) in [7, 11) is 0. The van der Waals surface area contributed by atoms with Gasteiger partial charge in [0, 0.05) is 24.8 Å². The summed E-state index contributed by atoms with van der Waals surface area (Å²) >= 11 is 0. The molecule has 0 aliphatic rings. The first-order valence-corrected chi connectivity index (χ1v) is 7.32. The summed E-state index contributed by atoms with van der Waals surface area (Å²) in [5, 5.41) is 3.29. The van der Waals surface area contributed by atoms with E-state index in [1.165, 1.54) is 6.07 Å². The summed E-state index contributed by atoms with van der Waals surface area (Å²) in [5.41, 5.74) is 0.594. The number of hydrogen-bond acceptors (Lipinski definition) is 3. The summed E-state index contributed by atoms with van der Waals surface area (Å²) in [6.45, 7) is 8.52. The highest BCUT2D eigenvalue weighted by molar-refractivity contribution is 5.20. The Kier molecular flexibility index (Phi) is 8.42. The molecule has 0 fully saturated rings. The van der Waals surface area contributed by atoms with Crippen molar-refractivity contribution in [2.75, 3.05) is 26.4 Å². The van der Waals surface area contributed by atoms with Gasteiger partial charge in [0.2, 0.25) is 0 Å². The van der Waals surface area contributed by atoms with Gasteiger partial charge >= 0.3 is 0 Å². The van der Waals surface area contributed by atoms with E-state index in [4.69, 9.17) is 9.47 Å². The van der Waals surface area contributed by atoms with Crippen LogP contribution in [-0.2, 0) is 9.47 Å². The van der Waals surface area contributed by atoms with Crippen molar-refractivity contribution in [1.82, 2.24) is 5.32 Å². The predicted octanol–water partition coefficient (Wildman–Crippen LogP) is 3.31. The zero-order valence-corrected chi connectivity index (χ0v) is 12.7. The molecule has 0 aliphatic carbocycles. The van der Waals surface area contributed by atoms with Crippen LogP contribution in [0.25, 0.3) is 0 Å². The Hall–Kier alpha value is -0.970. The molecule has 1 rings (SSSR count). The molecule has 0 bridgehead atoms. The average Bonchev–Trinajstić information content (AvgIpc) is 2.43. The van der Waals surface area contributed by atoms with Crippen molar-refractivity contribution in [3.63, 3.8) is 0 Å². The summed E-state index contributed by atoms with van der Waals surface area (Å²) < 4.78 is 25.0. The standard InChI is InChI=1S/C16H26FNO2/c1-4-9-19-10-11-20-16(12-18-13(2)3)14-7-5-6-8-15(14)17/h5-8,13,16,18H,4,9-12H2,1-3H3. The van der Waals surface area contributed by atoms with Crippen LogP contribution in [0.5, 0.6) is 0 Å². The van der Waals surface area contributed by atoms with Gasteiger partial charge in [0.25, 0.3) is 0 Å². The molecule has 3 nitrogen and oxygen atoms in total. The smallest absolute Gasteiger partial charge is 0.129 e. The molecule has 0 amide bonds. The van der Waals surface area contributed by atoms with Gasteiger partial charge in [-0.2, -0.15) is 0 Å². The van der Waals surface area contributed by atoms with Gasteiger partial charge in [-0.3, -0.25) is 0 Å². The first kappa shape index (κ1) is 17.1. The highest BCUT2D eigenvalue weighted by atomic mass is 19.1. The van der Waals surface area contributed by atoms with Crippen molar-refractivity contribution >= 4 is 0 Å². The minimum absolute atomic E-state index is 0.225. The number of hydrogen-bond donors (Lipinski definition) is 1. The third-order valence-corrected chi connectivity index (χ3v) is 2.86. The fourth-order valence-corrected chi connectivity index (χ4v) is 1.83. The SMILES string of the molecule is CCCOCCOC(CNC(C)C)c1ccccc1F. The second-order valence-corrected chi connectivity index (χ2v) is 5.06. The minimum atomic E-state index is -0.288. The Labute approximate surface area is 121 Å². The average molecular weight is 283 g/mol. The van der Waals surface area contributed by atoms with E-state index >= 15 is 0 Å². The van der Waals surface area contributed by atoms with E-state index in [0.29, 0.717) is 31.4 Å². The molecule has 1 N–H and O–H groups in total. The first-order valence-electron chi connectivity index (χ1n) is 7.32. The van der Waals surface area contributed by atoms with Gasteiger partial charge in [-0.05, 0) is 12.5 Å². The Morgan fingerprint density at radius 1 is 1.15 bits per heavy atom. The number of rotatable bonds is 10. The van der Waals surface area contributed by atoms with Crippen LogP contribution >= 0.6 is 0 Å². The highest BCUT2D eigenvalue weighted by Gasteiger charge is 2.16. The number of nitrogens with one attached hydrogen (secondary N) is 1. The summed E-state index contributed by atoms with van der Waals surface area (Å²) in [6, 6.07) is 7.10. The molecule has 1 aromatic carbocycles. The van der Waals surface area contributed by atoms with Crippen molar-refractivity contribution in [2.45, 2.75) is 39.3 Å². The van der Waals surface area contributed by atoms with Crippen LogP contribution < -0.4 is 5.32 Å². The Bertz CT molecular complexity index is 371. The summed E-state index contributed by atoms with van der Waals surface area (Å²) in [4.78, 5) is 0. The maximum Gasteiger partial charge on any atom is 0.129 e. The Balaban J connectivity index is 2.54. The molecule has 0 aromatic heterocycles. The van der Waals surface area contributed by atoms with Crippen LogP contribution in [-0.4, -0.2) is 32.4 Å². The van der Waals surface area contributed by atoms with Gasteiger partial charge in [0.05, 0.1) is 19.3 Å². The van der Waals surface area contributed by atoms with Crippen molar-refractivity contribution in [1.29, 1.82) is 0 Å². The van der Waals surface area contributed by atoms with E-state index in [0.717, 1.165) is 13.0 Å². The molecule has 0 saturated carbocycles. The summed E-state index contributed by atoms with van der Waals surface area (Å²) in [6.07, 6.45) is 0.704. The van der Waals surface area contributed by atoms with Crippen molar-refractivity contribution in [2.24, 2.45) is 0 Å². The largest absolute Gasteiger partial charge is 0.379 e. The van der Waals surface area contributed by atoms with Crippen molar-refractivity contribution < 1.29 is 13.9 Å². The molecule has 1 atom stereocenters. The maximum atomic E-state index is 13.9. The third-order valence-electron chi connectivity index (χ3n) is 2.86. The summed E-state index contributed by atoms with van der Waals surface area (Å²) in [5.74, 6) is -0.225. The molecule has 0 aliphatic heterocycles. The number of benzene rings is 1. The van der Waals surface area contributed by atoms with E-state index in [2.05, 4.69) is 26.1 Å². The minimum Gasteiger partial charge on any atom is -0.379 e. The lowest BCUT2D eigenvalue weighted by atomic mass is 10.1. The number of halogens is 1. The molecule has 1 aromatic rings. The molecule has 1 unspecified atom stereocenters. The molecule has 0 spiro atoms. The normalized spacial score (nSPS) is 12.8. The van der Waals surface area contributed by atoms with E-state index in [1.54, 1.807) is 12.1 Å². The van der Waals surface area contributed by atoms with Crippen LogP contribution in [0.1, 0.15) is 38.9 Å².